The Kier molecular flexibility index (Phi) is 4.74. The van der Waals surface area contributed by atoms with Crippen molar-refractivity contribution in [2.75, 3.05) is 20.2 Å². The average molecular weight is 185 g/mol. The van der Waals surface area contributed by atoms with Crippen LogP contribution in [0.2, 0.25) is 0 Å². The summed E-state index contributed by atoms with van der Waals surface area (Å²) in [6, 6.07) is 0.773. The Morgan fingerprint density at radius 3 is 2.77 bits per heavy atom. The lowest BCUT2D eigenvalue weighted by Crippen LogP contribution is -2.36. The Labute approximate surface area is 81.9 Å². The third-order valence-electron chi connectivity index (χ3n) is 3.20. The summed E-state index contributed by atoms with van der Waals surface area (Å²) in [7, 11) is 2.19. The lowest BCUT2D eigenvalue weighted by molar-refractivity contribution is 0.151. The number of rotatable bonds is 4. The lowest BCUT2D eigenvalue weighted by atomic mass is 9.86. The van der Waals surface area contributed by atoms with Gasteiger partial charge in [-0.1, -0.05) is 19.8 Å². The molecule has 0 aliphatic heterocycles. The topological polar surface area (TPSA) is 23.5 Å². The molecule has 1 N–H and O–H groups in total. The third kappa shape index (κ3) is 3.65. The van der Waals surface area contributed by atoms with Gasteiger partial charge >= 0.3 is 0 Å². The largest absolute Gasteiger partial charge is 0.396 e. The van der Waals surface area contributed by atoms with Gasteiger partial charge in [-0.2, -0.15) is 0 Å². The lowest BCUT2D eigenvalue weighted by Gasteiger charge is -2.34. The highest BCUT2D eigenvalue weighted by Crippen LogP contribution is 2.26. The summed E-state index contributed by atoms with van der Waals surface area (Å²) in [4.78, 5) is 2.42. The van der Waals surface area contributed by atoms with Gasteiger partial charge in [0.1, 0.15) is 0 Å². The van der Waals surface area contributed by atoms with Crippen molar-refractivity contribution in [1.29, 1.82) is 0 Å². The molecular formula is C11H23NO. The van der Waals surface area contributed by atoms with E-state index in [2.05, 4.69) is 18.9 Å². The maximum Gasteiger partial charge on any atom is 0.0443 e. The Hall–Kier alpha value is -0.0800. The zero-order valence-electron chi connectivity index (χ0n) is 9.00. The number of nitrogens with zero attached hydrogens (tertiary/aromatic N) is 1. The van der Waals surface area contributed by atoms with Crippen molar-refractivity contribution >= 4 is 0 Å². The van der Waals surface area contributed by atoms with Gasteiger partial charge in [0.15, 0.2) is 0 Å². The first-order valence-electron chi connectivity index (χ1n) is 5.55. The molecule has 0 aromatic rings. The number of hydrogen-bond acceptors (Lipinski definition) is 2. The van der Waals surface area contributed by atoms with Crippen LogP contribution in [-0.2, 0) is 0 Å². The van der Waals surface area contributed by atoms with Crippen LogP contribution < -0.4 is 0 Å². The van der Waals surface area contributed by atoms with E-state index in [1.807, 2.05) is 0 Å². The molecule has 0 spiro atoms. The fraction of sp³-hybridized carbons (Fsp3) is 1.00. The van der Waals surface area contributed by atoms with Gasteiger partial charge in [-0.25, -0.2) is 0 Å². The highest BCUT2D eigenvalue weighted by molar-refractivity contribution is 4.76. The highest BCUT2D eigenvalue weighted by atomic mass is 16.3. The summed E-state index contributed by atoms with van der Waals surface area (Å²) < 4.78 is 0. The Morgan fingerprint density at radius 2 is 2.15 bits per heavy atom. The number of aliphatic hydroxyl groups is 1. The van der Waals surface area contributed by atoms with E-state index in [9.17, 15) is 0 Å². The van der Waals surface area contributed by atoms with Crippen molar-refractivity contribution in [3.63, 3.8) is 0 Å². The molecule has 0 heterocycles. The van der Waals surface area contributed by atoms with Gasteiger partial charge in [0, 0.05) is 19.2 Å². The average Bonchev–Trinajstić information content (AvgIpc) is 2.14. The van der Waals surface area contributed by atoms with Gasteiger partial charge in [0.2, 0.25) is 0 Å². The van der Waals surface area contributed by atoms with Crippen LogP contribution in [0.4, 0.5) is 0 Å². The van der Waals surface area contributed by atoms with Crippen molar-refractivity contribution in [2.45, 2.75) is 45.1 Å². The van der Waals surface area contributed by atoms with Crippen molar-refractivity contribution in [2.24, 2.45) is 5.92 Å². The van der Waals surface area contributed by atoms with Crippen LogP contribution in [0.25, 0.3) is 0 Å². The van der Waals surface area contributed by atoms with E-state index in [0.29, 0.717) is 6.61 Å². The summed E-state index contributed by atoms with van der Waals surface area (Å²) >= 11 is 0. The molecule has 1 aliphatic carbocycles. The summed E-state index contributed by atoms with van der Waals surface area (Å²) in [6.07, 6.45) is 6.41. The van der Waals surface area contributed by atoms with Gasteiger partial charge in [-0.05, 0) is 32.2 Å². The normalized spacial score (nSPS) is 29.5. The first-order valence-corrected chi connectivity index (χ1v) is 5.55. The minimum absolute atomic E-state index is 0.326. The van der Waals surface area contributed by atoms with Gasteiger partial charge in [0.25, 0.3) is 0 Å². The fourth-order valence-electron chi connectivity index (χ4n) is 2.31. The molecule has 0 radical (unpaired) electrons. The molecule has 1 rings (SSSR count). The first kappa shape index (κ1) is 11.0. The van der Waals surface area contributed by atoms with E-state index < -0.39 is 0 Å². The molecule has 0 bridgehead atoms. The fourth-order valence-corrected chi connectivity index (χ4v) is 2.31. The standard InChI is InChI=1S/C11H23NO/c1-10-5-3-6-11(9-10)12(2)7-4-8-13/h10-11,13H,3-9H2,1-2H3. The maximum absolute atomic E-state index is 8.74. The number of hydrogen-bond donors (Lipinski definition) is 1. The van der Waals surface area contributed by atoms with Gasteiger partial charge in [-0.15, -0.1) is 0 Å². The molecule has 2 unspecified atom stereocenters. The molecule has 1 saturated carbocycles. The second-order valence-corrected chi connectivity index (χ2v) is 4.48. The molecule has 1 fully saturated rings. The van der Waals surface area contributed by atoms with Gasteiger partial charge < -0.3 is 10.0 Å². The predicted octanol–water partition coefficient (Wildman–Crippen LogP) is 1.88. The third-order valence-corrected chi connectivity index (χ3v) is 3.20. The van der Waals surface area contributed by atoms with Crippen LogP contribution in [0.5, 0.6) is 0 Å². The Bertz CT molecular complexity index is 138. The molecule has 0 aromatic carbocycles. The Balaban J connectivity index is 2.24. The second kappa shape index (κ2) is 5.61. The van der Waals surface area contributed by atoms with Crippen molar-refractivity contribution in [3.8, 4) is 0 Å². The molecule has 2 heteroatoms. The molecule has 0 aromatic heterocycles. The van der Waals surface area contributed by atoms with E-state index in [4.69, 9.17) is 5.11 Å². The SMILES string of the molecule is CC1CCCC(N(C)CCCO)C1. The van der Waals surface area contributed by atoms with Crippen molar-refractivity contribution in [3.05, 3.63) is 0 Å². The smallest absolute Gasteiger partial charge is 0.0443 e. The first-order chi connectivity index (χ1) is 6.24. The quantitative estimate of drug-likeness (QED) is 0.723. The zero-order valence-corrected chi connectivity index (χ0v) is 9.00. The zero-order chi connectivity index (χ0) is 9.68. The predicted molar refractivity (Wildman–Crippen MR) is 55.8 cm³/mol. The van der Waals surface area contributed by atoms with Crippen LogP contribution in [0.1, 0.15) is 39.0 Å². The molecule has 0 saturated heterocycles. The summed E-state index contributed by atoms with van der Waals surface area (Å²) in [5.41, 5.74) is 0. The highest BCUT2D eigenvalue weighted by Gasteiger charge is 2.21. The monoisotopic (exact) mass is 185 g/mol. The summed E-state index contributed by atoms with van der Waals surface area (Å²) in [5, 5.41) is 8.74. The molecule has 2 atom stereocenters. The summed E-state index contributed by atoms with van der Waals surface area (Å²) in [5.74, 6) is 0.898. The second-order valence-electron chi connectivity index (χ2n) is 4.48. The number of aliphatic hydroxyl groups excluding tert-OH is 1. The van der Waals surface area contributed by atoms with E-state index in [-0.39, 0.29) is 0 Å². The van der Waals surface area contributed by atoms with Crippen molar-refractivity contribution in [1.82, 2.24) is 4.90 Å². The van der Waals surface area contributed by atoms with E-state index >= 15 is 0 Å². The van der Waals surface area contributed by atoms with Crippen LogP contribution in [0.15, 0.2) is 0 Å². The van der Waals surface area contributed by atoms with E-state index in [1.165, 1.54) is 25.7 Å². The van der Waals surface area contributed by atoms with Crippen molar-refractivity contribution < 1.29 is 5.11 Å². The van der Waals surface area contributed by atoms with Crippen LogP contribution in [0, 0.1) is 5.92 Å². The molecule has 2 nitrogen and oxygen atoms in total. The maximum atomic E-state index is 8.74. The van der Waals surface area contributed by atoms with Gasteiger partial charge in [0.05, 0.1) is 0 Å². The van der Waals surface area contributed by atoms with Crippen LogP contribution in [-0.4, -0.2) is 36.2 Å². The minimum atomic E-state index is 0.326. The minimum Gasteiger partial charge on any atom is -0.396 e. The molecular weight excluding hydrogens is 162 g/mol. The summed E-state index contributed by atoms with van der Waals surface area (Å²) in [6.45, 7) is 3.73. The molecule has 78 valence electrons. The van der Waals surface area contributed by atoms with E-state index in [1.54, 1.807) is 0 Å². The van der Waals surface area contributed by atoms with Crippen LogP contribution in [0.3, 0.4) is 0 Å². The van der Waals surface area contributed by atoms with Crippen LogP contribution >= 0.6 is 0 Å². The molecule has 0 amide bonds. The molecule has 13 heavy (non-hydrogen) atoms. The van der Waals surface area contributed by atoms with E-state index in [0.717, 1.165) is 24.9 Å². The Morgan fingerprint density at radius 1 is 1.38 bits per heavy atom. The molecule has 1 aliphatic rings. The van der Waals surface area contributed by atoms with Gasteiger partial charge in [-0.3, -0.25) is 0 Å².